The third-order valence-corrected chi connectivity index (χ3v) is 6.33. The van der Waals surface area contributed by atoms with Crippen LogP contribution in [0.3, 0.4) is 0 Å². The van der Waals surface area contributed by atoms with Crippen molar-refractivity contribution < 1.29 is 27.2 Å². The Kier molecular flexibility index (Phi) is 5.99. The van der Waals surface area contributed by atoms with Crippen molar-refractivity contribution in [3.05, 3.63) is 106 Å². The van der Waals surface area contributed by atoms with Gasteiger partial charge in [-0.25, -0.2) is 4.39 Å². The normalized spacial score (nSPS) is 14.9. The minimum atomic E-state index is -4.83. The Balaban J connectivity index is 1.51. The monoisotopic (exact) mass is 528 g/mol. The number of hydrogen-bond acceptors (Lipinski definition) is 3. The molecule has 1 unspecified atom stereocenters. The van der Waals surface area contributed by atoms with Crippen molar-refractivity contribution in [3.8, 4) is 11.1 Å². The third-order valence-electron chi connectivity index (χ3n) is 6.00. The summed E-state index contributed by atoms with van der Waals surface area (Å²) in [4.78, 5) is 25.6. The second kappa shape index (κ2) is 9.04. The molecule has 3 aromatic carbocycles. The van der Waals surface area contributed by atoms with E-state index in [1.807, 2.05) is 12.3 Å². The zero-order valence-corrected chi connectivity index (χ0v) is 19.8. The van der Waals surface area contributed by atoms with Gasteiger partial charge in [-0.05, 0) is 47.5 Å². The molecule has 0 saturated carbocycles. The molecule has 0 radical (unpaired) electrons. The van der Waals surface area contributed by atoms with Crippen molar-refractivity contribution in [1.82, 2.24) is 15.1 Å². The Morgan fingerprint density at radius 1 is 1.11 bits per heavy atom. The number of rotatable bonds is 4. The summed E-state index contributed by atoms with van der Waals surface area (Å²) in [6.07, 6.45) is -1.32. The number of nitrogens with one attached hydrogen (secondary N) is 2. The van der Waals surface area contributed by atoms with Crippen LogP contribution in [-0.2, 0) is 13.2 Å². The van der Waals surface area contributed by atoms with Gasteiger partial charge >= 0.3 is 6.18 Å². The number of fused-ring (bicyclic) bond motifs is 1. The molecule has 37 heavy (non-hydrogen) atoms. The molecule has 4 aromatic rings. The van der Waals surface area contributed by atoms with Crippen LogP contribution >= 0.6 is 11.6 Å². The number of amides is 2. The lowest BCUT2D eigenvalue weighted by molar-refractivity contribution is -0.137. The number of carbonyl (C=O) groups excluding carboxylic acids is 2. The van der Waals surface area contributed by atoms with E-state index < -0.39 is 41.0 Å². The third kappa shape index (κ3) is 4.67. The summed E-state index contributed by atoms with van der Waals surface area (Å²) in [5, 5.41) is 9.85. The van der Waals surface area contributed by atoms with Gasteiger partial charge in [-0.2, -0.15) is 18.3 Å². The molecule has 1 aromatic heterocycles. The summed E-state index contributed by atoms with van der Waals surface area (Å²) >= 11 is 6.60. The van der Waals surface area contributed by atoms with Crippen LogP contribution in [0.1, 0.15) is 43.4 Å². The van der Waals surface area contributed by atoms with Crippen LogP contribution in [0.25, 0.3) is 11.1 Å². The molecule has 188 valence electrons. The topological polar surface area (TPSA) is 76.0 Å². The molecule has 1 aliphatic rings. The SMILES string of the molecule is Cn1cc(-c2ccc(C3NC(=O)c4cccc(NC(=O)c5cc(F)cc(C(F)(F)F)c5)c43)c(Cl)c2)cn1. The standard InChI is InChI=1S/C26H17ClF4N4O2/c1-35-12-15(11-32-35)13-5-6-18(20(27)9-13)23-22-19(25(37)34-23)3-2-4-21(22)33-24(36)14-7-16(26(29,30)31)10-17(28)8-14/h2-12,23H,1H3,(H,33,36)(H,34,37). The lowest BCUT2D eigenvalue weighted by atomic mass is 9.95. The number of alkyl halides is 3. The van der Waals surface area contributed by atoms with Gasteiger partial charge in [0.05, 0.1) is 17.8 Å². The number of benzene rings is 3. The predicted molar refractivity (Wildman–Crippen MR) is 129 cm³/mol. The van der Waals surface area contributed by atoms with E-state index in [2.05, 4.69) is 15.7 Å². The van der Waals surface area contributed by atoms with E-state index in [9.17, 15) is 27.2 Å². The number of nitrogens with zero attached hydrogens (tertiary/aromatic N) is 2. The molecule has 2 heterocycles. The Bertz CT molecular complexity index is 1560. The van der Waals surface area contributed by atoms with Crippen molar-refractivity contribution in [2.24, 2.45) is 7.05 Å². The molecule has 5 rings (SSSR count). The number of aromatic nitrogens is 2. The van der Waals surface area contributed by atoms with Crippen LogP contribution in [-0.4, -0.2) is 21.6 Å². The smallest absolute Gasteiger partial charge is 0.341 e. The van der Waals surface area contributed by atoms with Crippen LogP contribution in [0.2, 0.25) is 5.02 Å². The van der Waals surface area contributed by atoms with Gasteiger partial charge in [-0.3, -0.25) is 14.3 Å². The van der Waals surface area contributed by atoms with E-state index >= 15 is 0 Å². The molecule has 0 saturated heterocycles. The van der Waals surface area contributed by atoms with E-state index in [1.54, 1.807) is 36.1 Å². The molecule has 0 spiro atoms. The molecule has 0 fully saturated rings. The second-order valence-electron chi connectivity index (χ2n) is 8.49. The molecule has 0 bridgehead atoms. The summed E-state index contributed by atoms with van der Waals surface area (Å²) in [6, 6.07) is 10.7. The summed E-state index contributed by atoms with van der Waals surface area (Å²) in [6.45, 7) is 0. The minimum absolute atomic E-state index is 0.177. The number of halogens is 5. The molecular formula is C26H17ClF4N4O2. The highest BCUT2D eigenvalue weighted by atomic mass is 35.5. The molecule has 11 heteroatoms. The highest BCUT2D eigenvalue weighted by Crippen LogP contribution is 2.40. The fourth-order valence-electron chi connectivity index (χ4n) is 4.29. The van der Waals surface area contributed by atoms with Crippen molar-refractivity contribution in [2.45, 2.75) is 12.2 Å². The van der Waals surface area contributed by atoms with Crippen LogP contribution in [0.15, 0.2) is 67.0 Å². The van der Waals surface area contributed by atoms with Crippen molar-refractivity contribution in [2.75, 3.05) is 5.32 Å². The molecule has 2 N–H and O–H groups in total. The Hall–Kier alpha value is -4.18. The maximum absolute atomic E-state index is 13.9. The van der Waals surface area contributed by atoms with E-state index in [-0.39, 0.29) is 11.3 Å². The van der Waals surface area contributed by atoms with Crippen molar-refractivity contribution >= 4 is 29.1 Å². The first kappa shape index (κ1) is 24.5. The number of aryl methyl sites for hydroxylation is 1. The maximum atomic E-state index is 13.9. The van der Waals surface area contributed by atoms with E-state index in [0.717, 1.165) is 11.1 Å². The zero-order valence-electron chi connectivity index (χ0n) is 19.0. The average Bonchev–Trinajstić information content (AvgIpc) is 3.42. The summed E-state index contributed by atoms with van der Waals surface area (Å²) in [5.74, 6) is -2.57. The molecule has 6 nitrogen and oxygen atoms in total. The Morgan fingerprint density at radius 3 is 2.57 bits per heavy atom. The van der Waals surface area contributed by atoms with Crippen LogP contribution in [0.4, 0.5) is 23.2 Å². The first-order valence-electron chi connectivity index (χ1n) is 10.9. The number of anilines is 1. The van der Waals surface area contributed by atoms with Crippen molar-refractivity contribution in [3.63, 3.8) is 0 Å². The molecular weight excluding hydrogens is 512 g/mol. The van der Waals surface area contributed by atoms with Crippen LogP contribution in [0.5, 0.6) is 0 Å². The Labute approximate surface area is 212 Å². The summed E-state index contributed by atoms with van der Waals surface area (Å²) < 4.78 is 54.9. The number of hydrogen-bond donors (Lipinski definition) is 2. The average molecular weight is 529 g/mol. The van der Waals surface area contributed by atoms with Gasteiger partial charge in [-0.15, -0.1) is 0 Å². The molecule has 2 amide bonds. The van der Waals surface area contributed by atoms with Crippen LogP contribution in [0, 0.1) is 5.82 Å². The number of carbonyl (C=O) groups is 2. The fraction of sp³-hybridized carbons (Fsp3) is 0.115. The van der Waals surface area contributed by atoms with Crippen molar-refractivity contribution in [1.29, 1.82) is 0 Å². The lowest BCUT2D eigenvalue weighted by Crippen LogP contribution is -2.21. The van der Waals surface area contributed by atoms with Gasteiger partial charge in [0.15, 0.2) is 0 Å². The van der Waals surface area contributed by atoms with E-state index in [1.165, 1.54) is 12.1 Å². The van der Waals surface area contributed by atoms with Gasteiger partial charge in [0, 0.05) is 46.2 Å². The minimum Gasteiger partial charge on any atom is -0.341 e. The second-order valence-corrected chi connectivity index (χ2v) is 8.90. The lowest BCUT2D eigenvalue weighted by Gasteiger charge is -2.18. The summed E-state index contributed by atoms with van der Waals surface area (Å²) in [5.41, 5.74) is 1.23. The van der Waals surface area contributed by atoms with Gasteiger partial charge in [0.2, 0.25) is 0 Å². The maximum Gasteiger partial charge on any atom is 0.416 e. The van der Waals surface area contributed by atoms with Gasteiger partial charge in [0.25, 0.3) is 11.8 Å². The van der Waals surface area contributed by atoms with Gasteiger partial charge < -0.3 is 10.6 Å². The largest absolute Gasteiger partial charge is 0.416 e. The molecule has 0 aliphatic carbocycles. The summed E-state index contributed by atoms with van der Waals surface area (Å²) in [7, 11) is 1.79. The first-order valence-corrected chi connectivity index (χ1v) is 11.3. The fourth-order valence-corrected chi connectivity index (χ4v) is 4.58. The van der Waals surface area contributed by atoms with E-state index in [0.29, 0.717) is 34.3 Å². The molecule has 1 atom stereocenters. The first-order chi connectivity index (χ1) is 17.5. The highest BCUT2D eigenvalue weighted by molar-refractivity contribution is 6.32. The molecule has 1 aliphatic heterocycles. The van der Waals surface area contributed by atoms with Crippen LogP contribution < -0.4 is 10.6 Å². The predicted octanol–water partition coefficient (Wildman–Crippen LogP) is 5.98. The quantitative estimate of drug-likeness (QED) is 0.320. The Morgan fingerprint density at radius 2 is 1.89 bits per heavy atom. The van der Waals surface area contributed by atoms with E-state index in [4.69, 9.17) is 11.6 Å². The van der Waals surface area contributed by atoms with Gasteiger partial charge in [-0.1, -0.05) is 29.8 Å². The highest BCUT2D eigenvalue weighted by Gasteiger charge is 2.35. The van der Waals surface area contributed by atoms with Gasteiger partial charge in [0.1, 0.15) is 5.82 Å². The zero-order chi connectivity index (χ0) is 26.5.